The van der Waals surface area contributed by atoms with Crippen molar-refractivity contribution < 1.29 is 9.90 Å². The standard InChI is InChI=1S/C8H9IN2O2/c9-11-7(8(12)13)4-6-2-1-3-10-5-6/h1-3,5,7,11H,4H2,(H,12,13)/t7-/m0/s1. The molecule has 1 rings (SSSR count). The van der Waals surface area contributed by atoms with Crippen LogP contribution in [0.4, 0.5) is 0 Å². The van der Waals surface area contributed by atoms with Gasteiger partial charge in [-0.25, -0.2) is 3.53 Å². The normalized spacial score (nSPS) is 12.4. The fourth-order valence-electron chi connectivity index (χ4n) is 0.927. The van der Waals surface area contributed by atoms with E-state index in [9.17, 15) is 4.79 Å². The zero-order valence-corrected chi connectivity index (χ0v) is 8.93. The Morgan fingerprint density at radius 1 is 1.77 bits per heavy atom. The summed E-state index contributed by atoms with van der Waals surface area (Å²) < 4.78 is 2.69. The number of aromatic nitrogens is 1. The van der Waals surface area contributed by atoms with Gasteiger partial charge in [0.05, 0.1) is 0 Å². The minimum Gasteiger partial charge on any atom is -0.480 e. The molecule has 0 aliphatic heterocycles. The van der Waals surface area contributed by atoms with Gasteiger partial charge in [-0.15, -0.1) is 0 Å². The second-order valence-corrected chi connectivity index (χ2v) is 3.19. The largest absolute Gasteiger partial charge is 0.480 e. The average Bonchev–Trinajstić information content (AvgIpc) is 2.15. The number of aliphatic carboxylic acids is 1. The van der Waals surface area contributed by atoms with E-state index in [0.717, 1.165) is 5.56 Å². The summed E-state index contributed by atoms with van der Waals surface area (Å²) in [5, 5.41) is 8.75. The molecule has 0 aliphatic rings. The van der Waals surface area contributed by atoms with Crippen molar-refractivity contribution in [2.45, 2.75) is 12.5 Å². The molecule has 0 radical (unpaired) electrons. The van der Waals surface area contributed by atoms with E-state index >= 15 is 0 Å². The second-order valence-electron chi connectivity index (χ2n) is 2.57. The lowest BCUT2D eigenvalue weighted by Gasteiger charge is -2.08. The van der Waals surface area contributed by atoms with Gasteiger partial charge in [0.25, 0.3) is 0 Å². The summed E-state index contributed by atoms with van der Waals surface area (Å²) in [7, 11) is 0. The quantitative estimate of drug-likeness (QED) is 0.642. The van der Waals surface area contributed by atoms with E-state index in [1.54, 1.807) is 18.5 Å². The predicted octanol–water partition coefficient (Wildman–Crippen LogP) is 1.02. The van der Waals surface area contributed by atoms with Crippen molar-refractivity contribution in [1.82, 2.24) is 8.51 Å². The molecule has 0 unspecified atom stereocenters. The molecule has 0 spiro atoms. The number of nitrogens with zero attached hydrogens (tertiary/aromatic N) is 1. The maximum absolute atomic E-state index is 10.6. The molecule has 1 heterocycles. The Hall–Kier alpha value is -0.690. The Kier molecular flexibility index (Phi) is 4.10. The topological polar surface area (TPSA) is 62.2 Å². The van der Waals surface area contributed by atoms with Gasteiger partial charge in [0.1, 0.15) is 6.04 Å². The van der Waals surface area contributed by atoms with Crippen molar-refractivity contribution in [2.75, 3.05) is 0 Å². The monoisotopic (exact) mass is 292 g/mol. The molecule has 0 aromatic carbocycles. The third kappa shape index (κ3) is 3.27. The Morgan fingerprint density at radius 2 is 2.54 bits per heavy atom. The van der Waals surface area contributed by atoms with E-state index in [2.05, 4.69) is 8.51 Å². The summed E-state index contributed by atoms with van der Waals surface area (Å²) in [5.74, 6) is -0.849. The zero-order chi connectivity index (χ0) is 9.68. The highest BCUT2D eigenvalue weighted by Crippen LogP contribution is 2.02. The van der Waals surface area contributed by atoms with Gasteiger partial charge >= 0.3 is 5.97 Å². The van der Waals surface area contributed by atoms with Crippen molar-refractivity contribution >= 4 is 28.8 Å². The predicted molar refractivity (Wildman–Crippen MR) is 56.5 cm³/mol. The van der Waals surface area contributed by atoms with Crippen molar-refractivity contribution in [3.8, 4) is 0 Å². The Bertz CT molecular complexity index is 279. The third-order valence-electron chi connectivity index (χ3n) is 1.59. The maximum Gasteiger partial charge on any atom is 0.321 e. The van der Waals surface area contributed by atoms with Gasteiger partial charge < -0.3 is 5.11 Å². The maximum atomic E-state index is 10.6. The number of carboxylic acids is 1. The summed E-state index contributed by atoms with van der Waals surface area (Å²) in [5.41, 5.74) is 0.916. The molecular weight excluding hydrogens is 283 g/mol. The van der Waals surface area contributed by atoms with Crippen LogP contribution in [0.25, 0.3) is 0 Å². The number of carbonyl (C=O) groups is 1. The number of halogens is 1. The summed E-state index contributed by atoms with van der Waals surface area (Å²) in [4.78, 5) is 14.6. The van der Waals surface area contributed by atoms with E-state index in [-0.39, 0.29) is 0 Å². The van der Waals surface area contributed by atoms with Crippen LogP contribution in [0.1, 0.15) is 5.56 Å². The van der Waals surface area contributed by atoms with Crippen LogP contribution >= 0.6 is 22.9 Å². The highest BCUT2D eigenvalue weighted by molar-refractivity contribution is 14.1. The smallest absolute Gasteiger partial charge is 0.321 e. The van der Waals surface area contributed by atoms with Crippen molar-refractivity contribution in [1.29, 1.82) is 0 Å². The lowest BCUT2D eigenvalue weighted by atomic mass is 10.1. The number of pyridine rings is 1. The minimum absolute atomic E-state index is 0.451. The molecule has 0 aliphatic carbocycles. The molecule has 0 bridgehead atoms. The zero-order valence-electron chi connectivity index (χ0n) is 6.77. The molecular formula is C8H9IN2O2. The molecule has 1 atom stereocenters. The fraction of sp³-hybridized carbons (Fsp3) is 0.250. The Labute approximate surface area is 89.9 Å². The molecule has 1 aromatic heterocycles. The lowest BCUT2D eigenvalue weighted by molar-refractivity contribution is -0.138. The van der Waals surface area contributed by atoms with E-state index < -0.39 is 12.0 Å². The molecule has 70 valence electrons. The van der Waals surface area contributed by atoms with Gasteiger partial charge in [-0.05, 0) is 11.6 Å². The van der Waals surface area contributed by atoms with E-state index in [1.807, 2.05) is 28.9 Å². The Balaban J connectivity index is 2.62. The molecule has 2 N–H and O–H groups in total. The van der Waals surface area contributed by atoms with Gasteiger partial charge in [0.2, 0.25) is 0 Å². The van der Waals surface area contributed by atoms with E-state index in [1.165, 1.54) is 0 Å². The molecule has 0 fully saturated rings. The van der Waals surface area contributed by atoms with Crippen LogP contribution in [-0.2, 0) is 11.2 Å². The van der Waals surface area contributed by atoms with Crippen molar-refractivity contribution in [3.05, 3.63) is 30.1 Å². The SMILES string of the molecule is O=C(O)[C@H](Cc1cccnc1)NI. The second kappa shape index (κ2) is 5.13. The highest BCUT2D eigenvalue weighted by Gasteiger charge is 2.15. The van der Waals surface area contributed by atoms with Crippen LogP contribution in [0.15, 0.2) is 24.5 Å². The van der Waals surface area contributed by atoms with Crippen LogP contribution in [0, 0.1) is 0 Å². The van der Waals surface area contributed by atoms with E-state index in [0.29, 0.717) is 6.42 Å². The summed E-state index contributed by atoms with van der Waals surface area (Å²) in [6.45, 7) is 0. The first-order valence-corrected chi connectivity index (χ1v) is 4.80. The molecule has 0 saturated heterocycles. The van der Waals surface area contributed by atoms with Crippen LogP contribution in [0.5, 0.6) is 0 Å². The number of nitrogens with one attached hydrogen (secondary N) is 1. The van der Waals surface area contributed by atoms with Gasteiger partial charge in [-0.2, -0.15) is 0 Å². The van der Waals surface area contributed by atoms with Crippen LogP contribution in [0.3, 0.4) is 0 Å². The lowest BCUT2D eigenvalue weighted by Crippen LogP contribution is -2.32. The van der Waals surface area contributed by atoms with Crippen molar-refractivity contribution in [3.63, 3.8) is 0 Å². The van der Waals surface area contributed by atoms with Crippen molar-refractivity contribution in [2.24, 2.45) is 0 Å². The number of carboxylic acid groups (broad SMARTS) is 1. The first kappa shape index (κ1) is 10.4. The molecule has 4 nitrogen and oxygen atoms in total. The van der Waals surface area contributed by atoms with Gasteiger partial charge in [0, 0.05) is 41.7 Å². The third-order valence-corrected chi connectivity index (χ3v) is 2.34. The van der Waals surface area contributed by atoms with Crippen LogP contribution in [-0.4, -0.2) is 22.1 Å². The summed E-state index contributed by atoms with van der Waals surface area (Å²) >= 11 is 1.84. The van der Waals surface area contributed by atoms with Gasteiger partial charge in [-0.1, -0.05) is 6.07 Å². The summed E-state index contributed by atoms with van der Waals surface area (Å²) in [6.07, 6.45) is 3.78. The molecule has 0 amide bonds. The average molecular weight is 292 g/mol. The molecule has 13 heavy (non-hydrogen) atoms. The number of hydrogen-bond donors (Lipinski definition) is 2. The highest BCUT2D eigenvalue weighted by atomic mass is 127. The van der Waals surface area contributed by atoms with Gasteiger partial charge in [0.15, 0.2) is 0 Å². The minimum atomic E-state index is -0.849. The van der Waals surface area contributed by atoms with Crippen LogP contribution in [0.2, 0.25) is 0 Å². The summed E-state index contributed by atoms with van der Waals surface area (Å²) in [6, 6.07) is 3.10. The first-order valence-electron chi connectivity index (χ1n) is 3.72. The molecule has 5 heteroatoms. The fourth-order valence-corrected chi connectivity index (χ4v) is 1.41. The molecule has 0 saturated carbocycles. The first-order chi connectivity index (χ1) is 6.24. The molecule has 1 aromatic rings. The van der Waals surface area contributed by atoms with Crippen LogP contribution < -0.4 is 3.53 Å². The Morgan fingerprint density at radius 3 is 3.00 bits per heavy atom. The van der Waals surface area contributed by atoms with E-state index in [4.69, 9.17) is 5.11 Å². The number of hydrogen-bond acceptors (Lipinski definition) is 3. The van der Waals surface area contributed by atoms with Gasteiger partial charge in [-0.3, -0.25) is 9.78 Å². The number of rotatable bonds is 4.